The summed E-state index contributed by atoms with van der Waals surface area (Å²) in [5.41, 5.74) is -0.477. The highest BCUT2D eigenvalue weighted by molar-refractivity contribution is 6.04. The van der Waals surface area contributed by atoms with Gasteiger partial charge in [-0.25, -0.2) is 22.0 Å². The fourth-order valence-corrected chi connectivity index (χ4v) is 2.20. The Morgan fingerprint density at radius 3 is 2.30 bits per heavy atom. The Bertz CT molecular complexity index is 1030. The summed E-state index contributed by atoms with van der Waals surface area (Å²) < 4.78 is 66.4. The minimum atomic E-state index is -1.71. The van der Waals surface area contributed by atoms with Crippen molar-refractivity contribution in [1.29, 1.82) is 0 Å². The Balaban J connectivity index is 1.81. The zero-order valence-electron chi connectivity index (χ0n) is 13.4. The Morgan fingerprint density at radius 1 is 0.815 bits per heavy atom. The number of carbonyl (C=O) groups is 1. The molecule has 3 rings (SSSR count). The molecule has 138 valence electrons. The van der Waals surface area contributed by atoms with Gasteiger partial charge in [0.2, 0.25) is 0 Å². The van der Waals surface area contributed by atoms with E-state index in [1.807, 2.05) is 0 Å². The van der Waals surface area contributed by atoms with E-state index < -0.39 is 40.7 Å². The molecule has 0 aliphatic carbocycles. The Hall–Kier alpha value is -3.49. The third kappa shape index (κ3) is 4.02. The smallest absolute Gasteiger partial charge is 0.257 e. The molecule has 4 nitrogen and oxygen atoms in total. The van der Waals surface area contributed by atoms with Crippen LogP contribution < -0.4 is 10.6 Å². The van der Waals surface area contributed by atoms with Crippen molar-refractivity contribution >= 4 is 23.0 Å². The van der Waals surface area contributed by atoms with Gasteiger partial charge >= 0.3 is 0 Å². The molecule has 1 heterocycles. The highest BCUT2D eigenvalue weighted by atomic mass is 19.2. The van der Waals surface area contributed by atoms with Gasteiger partial charge in [0.1, 0.15) is 11.6 Å². The molecule has 3 aromatic rings. The maximum atomic E-state index is 13.7. The van der Waals surface area contributed by atoms with E-state index in [1.165, 1.54) is 12.3 Å². The first kappa shape index (κ1) is 18.3. The normalized spacial score (nSPS) is 10.6. The maximum Gasteiger partial charge on any atom is 0.257 e. The molecule has 2 N–H and O–H groups in total. The summed E-state index contributed by atoms with van der Waals surface area (Å²) in [7, 11) is 0. The van der Waals surface area contributed by atoms with Crippen molar-refractivity contribution in [2.45, 2.75) is 0 Å². The van der Waals surface area contributed by atoms with E-state index in [0.717, 1.165) is 24.4 Å². The van der Waals surface area contributed by atoms with Gasteiger partial charge in [-0.2, -0.15) is 0 Å². The average Bonchev–Trinajstić information content (AvgIpc) is 2.65. The van der Waals surface area contributed by atoms with Gasteiger partial charge in [0, 0.05) is 12.3 Å². The number of amides is 1. The van der Waals surface area contributed by atoms with Crippen molar-refractivity contribution in [1.82, 2.24) is 4.98 Å². The van der Waals surface area contributed by atoms with Crippen LogP contribution >= 0.6 is 0 Å². The quantitative estimate of drug-likeness (QED) is 0.507. The van der Waals surface area contributed by atoms with E-state index >= 15 is 0 Å². The molecule has 0 fully saturated rings. The van der Waals surface area contributed by atoms with Crippen molar-refractivity contribution < 1.29 is 26.7 Å². The molecule has 0 saturated heterocycles. The van der Waals surface area contributed by atoms with Crippen LogP contribution in [0.5, 0.6) is 0 Å². The van der Waals surface area contributed by atoms with Gasteiger partial charge in [-0.3, -0.25) is 9.78 Å². The van der Waals surface area contributed by atoms with Gasteiger partial charge in [-0.05, 0) is 30.3 Å². The van der Waals surface area contributed by atoms with Crippen molar-refractivity contribution in [3.05, 3.63) is 83.4 Å². The van der Waals surface area contributed by atoms with Crippen LogP contribution in [0.25, 0.3) is 0 Å². The van der Waals surface area contributed by atoms with Gasteiger partial charge in [0.05, 0.1) is 28.8 Å². The minimum Gasteiger partial charge on any atom is -0.352 e. The molecule has 1 amide bonds. The third-order valence-electron chi connectivity index (χ3n) is 3.49. The van der Waals surface area contributed by atoms with E-state index in [2.05, 4.69) is 15.6 Å². The predicted octanol–water partition coefficient (Wildman–Crippen LogP) is 4.77. The molecule has 0 spiro atoms. The second-order valence-corrected chi connectivity index (χ2v) is 5.39. The maximum absolute atomic E-state index is 13.7. The number of carbonyl (C=O) groups excluding carboxylic acids is 1. The standard InChI is InChI=1S/C18H10F5N3O/c19-10-1-3-14(13(21)6-10)25-11-5-9(7-24-8-11)18(27)26-15-4-2-12(20)16(22)17(15)23/h1-8,25H,(H,26,27). The largest absolute Gasteiger partial charge is 0.352 e. The van der Waals surface area contributed by atoms with Crippen LogP contribution in [0.1, 0.15) is 10.4 Å². The molecule has 9 heteroatoms. The van der Waals surface area contributed by atoms with Crippen molar-refractivity contribution in [3.63, 3.8) is 0 Å². The topological polar surface area (TPSA) is 54.0 Å². The number of pyridine rings is 1. The molecule has 0 saturated carbocycles. The first-order valence-corrected chi connectivity index (χ1v) is 7.47. The van der Waals surface area contributed by atoms with Crippen LogP contribution in [-0.2, 0) is 0 Å². The van der Waals surface area contributed by atoms with Crippen LogP contribution in [0.2, 0.25) is 0 Å². The monoisotopic (exact) mass is 379 g/mol. The highest BCUT2D eigenvalue weighted by Gasteiger charge is 2.16. The van der Waals surface area contributed by atoms with Crippen LogP contribution in [-0.4, -0.2) is 10.9 Å². The fourth-order valence-electron chi connectivity index (χ4n) is 2.20. The summed E-state index contributed by atoms with van der Waals surface area (Å²) >= 11 is 0. The summed E-state index contributed by atoms with van der Waals surface area (Å²) in [5, 5.41) is 4.71. The van der Waals surface area contributed by atoms with E-state index in [9.17, 15) is 26.7 Å². The van der Waals surface area contributed by atoms with Gasteiger partial charge < -0.3 is 10.6 Å². The molecule has 0 aliphatic rings. The van der Waals surface area contributed by atoms with Gasteiger partial charge in [-0.15, -0.1) is 0 Å². The van der Waals surface area contributed by atoms with Crippen molar-refractivity contribution in [3.8, 4) is 0 Å². The summed E-state index contributed by atoms with van der Waals surface area (Å²) in [6.45, 7) is 0. The summed E-state index contributed by atoms with van der Waals surface area (Å²) in [6, 6.07) is 5.69. The van der Waals surface area contributed by atoms with E-state index in [-0.39, 0.29) is 16.9 Å². The molecular weight excluding hydrogens is 369 g/mol. The molecule has 0 radical (unpaired) electrons. The highest BCUT2D eigenvalue weighted by Crippen LogP contribution is 2.23. The number of benzene rings is 2. The zero-order chi connectivity index (χ0) is 19.6. The number of nitrogens with zero attached hydrogens (tertiary/aromatic N) is 1. The SMILES string of the molecule is O=C(Nc1ccc(F)c(F)c1F)c1cncc(Nc2ccc(F)cc2F)c1. The third-order valence-corrected chi connectivity index (χ3v) is 3.49. The van der Waals surface area contributed by atoms with Crippen LogP contribution in [0.15, 0.2) is 48.8 Å². The van der Waals surface area contributed by atoms with Gasteiger partial charge in [-0.1, -0.05) is 0 Å². The number of rotatable bonds is 4. The summed E-state index contributed by atoms with van der Waals surface area (Å²) in [5.74, 6) is -7.10. The predicted molar refractivity (Wildman–Crippen MR) is 88.1 cm³/mol. The lowest BCUT2D eigenvalue weighted by molar-refractivity contribution is 0.102. The lowest BCUT2D eigenvalue weighted by atomic mass is 10.2. The summed E-state index contributed by atoms with van der Waals surface area (Å²) in [4.78, 5) is 16.0. The zero-order valence-corrected chi connectivity index (χ0v) is 13.4. The Labute approximate surface area is 149 Å². The van der Waals surface area contributed by atoms with Gasteiger partial charge in [0.15, 0.2) is 17.5 Å². The second-order valence-electron chi connectivity index (χ2n) is 5.39. The molecular formula is C18H10F5N3O. The minimum absolute atomic E-state index is 0.0533. The van der Waals surface area contributed by atoms with Crippen molar-refractivity contribution in [2.24, 2.45) is 0 Å². The van der Waals surface area contributed by atoms with E-state index in [4.69, 9.17) is 0 Å². The molecule has 2 aromatic carbocycles. The van der Waals surface area contributed by atoms with Crippen molar-refractivity contribution in [2.75, 3.05) is 10.6 Å². The molecule has 0 atom stereocenters. The number of aromatic nitrogens is 1. The van der Waals surface area contributed by atoms with Crippen LogP contribution in [0.4, 0.5) is 39.0 Å². The number of anilines is 3. The number of hydrogen-bond acceptors (Lipinski definition) is 3. The molecule has 1 aromatic heterocycles. The lowest BCUT2D eigenvalue weighted by Crippen LogP contribution is -2.14. The first-order valence-electron chi connectivity index (χ1n) is 7.47. The Kier molecular flexibility index (Phi) is 5.02. The first-order chi connectivity index (χ1) is 12.8. The van der Waals surface area contributed by atoms with E-state index in [1.54, 1.807) is 0 Å². The molecule has 0 bridgehead atoms. The fraction of sp³-hybridized carbons (Fsp3) is 0. The van der Waals surface area contributed by atoms with Crippen LogP contribution in [0.3, 0.4) is 0 Å². The second kappa shape index (κ2) is 7.40. The number of nitrogens with one attached hydrogen (secondary N) is 2. The molecule has 0 unspecified atom stereocenters. The lowest BCUT2D eigenvalue weighted by Gasteiger charge is -2.10. The van der Waals surface area contributed by atoms with E-state index in [0.29, 0.717) is 12.1 Å². The number of halogens is 5. The molecule has 0 aliphatic heterocycles. The summed E-state index contributed by atoms with van der Waals surface area (Å²) in [6.07, 6.45) is 2.41. The Morgan fingerprint density at radius 2 is 1.56 bits per heavy atom. The number of hydrogen-bond donors (Lipinski definition) is 2. The molecule has 27 heavy (non-hydrogen) atoms. The average molecular weight is 379 g/mol. The van der Waals surface area contributed by atoms with Crippen LogP contribution in [0, 0.1) is 29.1 Å². The van der Waals surface area contributed by atoms with Gasteiger partial charge in [0.25, 0.3) is 5.91 Å².